The summed E-state index contributed by atoms with van der Waals surface area (Å²) in [6, 6.07) is 12.6. The van der Waals surface area contributed by atoms with Gasteiger partial charge < -0.3 is 20.1 Å². The predicted octanol–water partition coefficient (Wildman–Crippen LogP) is 3.70. The summed E-state index contributed by atoms with van der Waals surface area (Å²) in [6.45, 7) is 0. The Morgan fingerprint density at radius 3 is 2.61 bits per heavy atom. The number of hydrogen-bond acceptors (Lipinski definition) is 5. The minimum absolute atomic E-state index is 0.113. The van der Waals surface area contributed by atoms with E-state index in [-0.39, 0.29) is 5.78 Å². The van der Waals surface area contributed by atoms with Gasteiger partial charge in [0.15, 0.2) is 6.10 Å². The summed E-state index contributed by atoms with van der Waals surface area (Å²) in [4.78, 5) is 12.6. The molecule has 0 saturated carbocycles. The van der Waals surface area contributed by atoms with Gasteiger partial charge in [0.25, 0.3) is 0 Å². The molecule has 2 N–H and O–H groups in total. The Labute approximate surface area is 137 Å². The molecule has 23 heavy (non-hydrogen) atoms. The van der Waals surface area contributed by atoms with Gasteiger partial charge in [-0.1, -0.05) is 23.7 Å². The first-order valence-electron chi connectivity index (χ1n) is 7.08. The van der Waals surface area contributed by atoms with E-state index < -0.39 is 6.10 Å². The molecule has 0 aromatic heterocycles. The Hall–Kier alpha value is -2.66. The first kappa shape index (κ1) is 14.0. The lowest BCUT2D eigenvalue weighted by atomic mass is 10.0. The molecule has 2 aromatic rings. The number of ether oxygens (including phenoxy) is 2. The summed E-state index contributed by atoms with van der Waals surface area (Å²) in [6.07, 6.45) is -0.671. The van der Waals surface area contributed by atoms with E-state index in [1.165, 1.54) is 0 Å². The van der Waals surface area contributed by atoms with Gasteiger partial charge in [0.05, 0.1) is 18.5 Å². The van der Waals surface area contributed by atoms with Crippen LogP contribution in [0.2, 0.25) is 5.02 Å². The first-order chi connectivity index (χ1) is 11.2. The largest absolute Gasteiger partial charge is 0.497 e. The molecule has 5 nitrogen and oxygen atoms in total. The van der Waals surface area contributed by atoms with E-state index in [0.29, 0.717) is 16.6 Å². The van der Waals surface area contributed by atoms with Gasteiger partial charge in [-0.25, -0.2) is 0 Å². The van der Waals surface area contributed by atoms with Gasteiger partial charge in [-0.3, -0.25) is 4.79 Å². The topological polar surface area (TPSA) is 59.6 Å². The van der Waals surface area contributed by atoms with E-state index in [1.54, 1.807) is 31.4 Å². The molecule has 0 radical (unpaired) electrons. The standard InChI is InChI=1S/C17H13ClN2O3/c1-22-11-5-2-9(3-6-11)16-15(21)14-17(23-16)20-13-8-10(18)4-7-12(13)19-14/h2-8,16,19-20H,1H3. The molecule has 0 fully saturated rings. The molecule has 0 aliphatic carbocycles. The second kappa shape index (κ2) is 5.21. The second-order valence-corrected chi connectivity index (χ2v) is 5.72. The van der Waals surface area contributed by atoms with Gasteiger partial charge in [-0.05, 0) is 30.3 Å². The zero-order valence-corrected chi connectivity index (χ0v) is 13.0. The first-order valence-corrected chi connectivity index (χ1v) is 7.46. The number of rotatable bonds is 2. The van der Waals surface area contributed by atoms with Crippen molar-refractivity contribution >= 4 is 28.8 Å². The number of Topliss-reactive ketones (excluding diaryl/α,β-unsaturated/α-hetero) is 1. The Morgan fingerprint density at radius 2 is 1.87 bits per heavy atom. The number of carbonyl (C=O) groups is 1. The number of hydrogen-bond donors (Lipinski definition) is 2. The molecule has 1 atom stereocenters. The van der Waals surface area contributed by atoms with Crippen molar-refractivity contribution in [1.29, 1.82) is 0 Å². The molecule has 2 aliphatic heterocycles. The summed E-state index contributed by atoms with van der Waals surface area (Å²) in [5, 5.41) is 6.84. The quantitative estimate of drug-likeness (QED) is 0.880. The molecule has 6 heteroatoms. The molecule has 4 rings (SSSR count). The smallest absolute Gasteiger partial charge is 0.229 e. The summed E-state index contributed by atoms with van der Waals surface area (Å²) in [7, 11) is 1.60. The number of fused-ring (bicyclic) bond motifs is 1. The fourth-order valence-corrected chi connectivity index (χ4v) is 2.84. The fraction of sp³-hybridized carbons (Fsp3) is 0.118. The minimum Gasteiger partial charge on any atom is -0.497 e. The van der Waals surface area contributed by atoms with Crippen LogP contribution in [0.4, 0.5) is 11.4 Å². The number of carbonyl (C=O) groups excluding carboxylic acids is 1. The molecule has 2 aromatic carbocycles. The summed E-state index contributed by atoms with van der Waals surface area (Å²) >= 11 is 6.00. The lowest BCUT2D eigenvalue weighted by Gasteiger charge is -2.19. The van der Waals surface area contributed by atoms with Crippen molar-refractivity contribution in [3.05, 3.63) is 64.6 Å². The molecule has 0 bridgehead atoms. The number of nitrogens with one attached hydrogen (secondary N) is 2. The van der Waals surface area contributed by atoms with Crippen LogP contribution in [0.15, 0.2) is 54.0 Å². The van der Waals surface area contributed by atoms with Crippen molar-refractivity contribution in [1.82, 2.24) is 0 Å². The maximum absolute atomic E-state index is 12.6. The van der Waals surface area contributed by atoms with Crippen LogP contribution >= 0.6 is 11.6 Å². The van der Waals surface area contributed by atoms with Gasteiger partial charge in [0, 0.05) is 10.6 Å². The SMILES string of the molecule is COc1ccc(C2OC3=C(Nc4ccc(Cl)cc4N3)C2=O)cc1. The van der Waals surface area contributed by atoms with Crippen LogP contribution in [0.1, 0.15) is 11.7 Å². The average molecular weight is 329 g/mol. The van der Waals surface area contributed by atoms with E-state index in [0.717, 1.165) is 22.7 Å². The van der Waals surface area contributed by atoms with E-state index in [9.17, 15) is 4.79 Å². The number of halogens is 1. The van der Waals surface area contributed by atoms with Gasteiger partial charge >= 0.3 is 0 Å². The van der Waals surface area contributed by atoms with Crippen molar-refractivity contribution in [3.63, 3.8) is 0 Å². The Bertz CT molecular complexity index is 830. The molecule has 0 saturated heterocycles. The molecule has 0 amide bonds. The highest BCUT2D eigenvalue weighted by Crippen LogP contribution is 2.40. The van der Waals surface area contributed by atoms with Crippen molar-refractivity contribution in [2.45, 2.75) is 6.10 Å². The second-order valence-electron chi connectivity index (χ2n) is 5.28. The third kappa shape index (κ3) is 2.29. The lowest BCUT2D eigenvalue weighted by Crippen LogP contribution is -2.18. The van der Waals surface area contributed by atoms with Crippen LogP contribution in [-0.4, -0.2) is 12.9 Å². The summed E-state index contributed by atoms with van der Waals surface area (Å²) in [5.74, 6) is 1.04. The highest BCUT2D eigenvalue weighted by Gasteiger charge is 2.39. The zero-order chi connectivity index (χ0) is 16.0. The monoisotopic (exact) mass is 328 g/mol. The van der Waals surface area contributed by atoms with Crippen LogP contribution < -0.4 is 15.4 Å². The highest BCUT2D eigenvalue weighted by molar-refractivity contribution is 6.31. The minimum atomic E-state index is -0.671. The number of benzene rings is 2. The van der Waals surface area contributed by atoms with Crippen molar-refractivity contribution in [2.75, 3.05) is 17.7 Å². The summed E-state index contributed by atoms with van der Waals surface area (Å²) in [5.41, 5.74) is 2.77. The lowest BCUT2D eigenvalue weighted by molar-refractivity contribution is -0.121. The predicted molar refractivity (Wildman–Crippen MR) is 87.6 cm³/mol. The van der Waals surface area contributed by atoms with E-state index in [2.05, 4.69) is 10.6 Å². The van der Waals surface area contributed by atoms with Gasteiger partial charge in [0.1, 0.15) is 11.4 Å². The molecular formula is C17H13ClN2O3. The van der Waals surface area contributed by atoms with Crippen LogP contribution in [0.3, 0.4) is 0 Å². The van der Waals surface area contributed by atoms with Gasteiger partial charge in [0.2, 0.25) is 11.7 Å². The third-order valence-electron chi connectivity index (χ3n) is 3.86. The maximum atomic E-state index is 12.6. The molecule has 2 heterocycles. The van der Waals surface area contributed by atoms with Crippen LogP contribution in [0, 0.1) is 0 Å². The van der Waals surface area contributed by atoms with E-state index in [4.69, 9.17) is 21.1 Å². The molecule has 116 valence electrons. The van der Waals surface area contributed by atoms with E-state index in [1.807, 2.05) is 18.2 Å². The highest BCUT2D eigenvalue weighted by atomic mass is 35.5. The van der Waals surface area contributed by atoms with E-state index >= 15 is 0 Å². The number of ketones is 1. The molecular weight excluding hydrogens is 316 g/mol. The fourth-order valence-electron chi connectivity index (χ4n) is 2.67. The van der Waals surface area contributed by atoms with Crippen LogP contribution in [0.5, 0.6) is 5.75 Å². The van der Waals surface area contributed by atoms with Crippen LogP contribution in [0.25, 0.3) is 0 Å². The third-order valence-corrected chi connectivity index (χ3v) is 4.09. The normalized spacial score (nSPS) is 18.5. The zero-order valence-electron chi connectivity index (χ0n) is 12.2. The van der Waals surface area contributed by atoms with Gasteiger partial charge in [-0.15, -0.1) is 0 Å². The molecule has 0 spiro atoms. The average Bonchev–Trinajstić information content (AvgIpc) is 2.89. The number of methoxy groups -OCH3 is 1. The molecule has 1 unspecified atom stereocenters. The van der Waals surface area contributed by atoms with Crippen molar-refractivity contribution in [2.24, 2.45) is 0 Å². The van der Waals surface area contributed by atoms with Crippen LogP contribution in [-0.2, 0) is 9.53 Å². The Balaban J connectivity index is 1.62. The van der Waals surface area contributed by atoms with Gasteiger partial charge in [-0.2, -0.15) is 0 Å². The van der Waals surface area contributed by atoms with Crippen molar-refractivity contribution in [3.8, 4) is 5.75 Å². The van der Waals surface area contributed by atoms with Crippen molar-refractivity contribution < 1.29 is 14.3 Å². The number of anilines is 2. The Kier molecular flexibility index (Phi) is 3.16. The summed E-state index contributed by atoms with van der Waals surface area (Å²) < 4.78 is 10.9. The maximum Gasteiger partial charge on any atom is 0.229 e. The molecule has 2 aliphatic rings. The Morgan fingerprint density at radius 1 is 1.09 bits per heavy atom.